The molecule has 0 amide bonds. The van der Waals surface area contributed by atoms with Crippen LogP contribution in [0.3, 0.4) is 0 Å². The average molecular weight is 428 g/mol. The fourth-order valence-electron chi connectivity index (χ4n) is 3.98. The van der Waals surface area contributed by atoms with Crippen LogP contribution in [-0.2, 0) is 13.0 Å². The zero-order chi connectivity index (χ0) is 20.0. The van der Waals surface area contributed by atoms with Crippen LogP contribution >= 0.6 is 23.2 Å². The molecule has 29 heavy (non-hydrogen) atoms. The molecule has 0 radical (unpaired) electrons. The summed E-state index contributed by atoms with van der Waals surface area (Å²) in [5, 5.41) is 5.35. The topological polar surface area (TPSA) is 52.3 Å². The second kappa shape index (κ2) is 7.51. The molecule has 1 fully saturated rings. The summed E-state index contributed by atoms with van der Waals surface area (Å²) < 4.78 is 11.9. The highest BCUT2D eigenvalue weighted by Gasteiger charge is 2.34. The van der Waals surface area contributed by atoms with Crippen LogP contribution < -0.4 is 4.74 Å². The standard InChI is InChI=1S/C23H19Cl2NO3/c24-17-6-3-7-18(25)21(17)22-16(23(29-26-22)13-10-11-13)12-28-20-9-2-4-14-15(20)5-1-8-19(14)27/h2-4,6-7,9,13H,1,5,8,10-12H2. The maximum atomic E-state index is 12.2. The summed E-state index contributed by atoms with van der Waals surface area (Å²) in [6, 6.07) is 11.1. The van der Waals surface area contributed by atoms with E-state index in [4.69, 9.17) is 32.5 Å². The van der Waals surface area contributed by atoms with Gasteiger partial charge in [0.05, 0.1) is 15.6 Å². The van der Waals surface area contributed by atoms with Crippen molar-refractivity contribution in [1.82, 2.24) is 5.16 Å². The molecule has 2 aliphatic carbocycles. The number of carbonyl (C=O) groups is 1. The molecule has 4 nitrogen and oxygen atoms in total. The molecule has 0 spiro atoms. The number of hydrogen-bond acceptors (Lipinski definition) is 4. The lowest BCUT2D eigenvalue weighted by atomic mass is 9.90. The minimum Gasteiger partial charge on any atom is -0.488 e. The summed E-state index contributed by atoms with van der Waals surface area (Å²) >= 11 is 12.8. The molecular formula is C23H19Cl2NO3. The second-order valence-corrected chi connectivity index (χ2v) is 8.41. The molecule has 5 rings (SSSR count). The first kappa shape index (κ1) is 18.7. The van der Waals surface area contributed by atoms with Crippen LogP contribution in [0.5, 0.6) is 5.75 Å². The summed E-state index contributed by atoms with van der Waals surface area (Å²) in [6.45, 7) is 0.289. The molecule has 1 aromatic heterocycles. The Hall–Kier alpha value is -2.30. The molecule has 1 saturated carbocycles. The number of carbonyl (C=O) groups excluding carboxylic acids is 1. The summed E-state index contributed by atoms with van der Waals surface area (Å²) in [6.07, 6.45) is 4.45. The number of rotatable bonds is 5. The molecule has 3 aromatic rings. The second-order valence-electron chi connectivity index (χ2n) is 7.59. The van der Waals surface area contributed by atoms with Gasteiger partial charge in [0.2, 0.25) is 0 Å². The monoisotopic (exact) mass is 427 g/mol. The number of fused-ring (bicyclic) bond motifs is 1. The Morgan fingerprint density at radius 1 is 1.07 bits per heavy atom. The van der Waals surface area contributed by atoms with Crippen LogP contribution in [0.4, 0.5) is 0 Å². The van der Waals surface area contributed by atoms with Gasteiger partial charge in [0.25, 0.3) is 0 Å². The minimum absolute atomic E-state index is 0.184. The van der Waals surface area contributed by atoms with Gasteiger partial charge in [-0.1, -0.05) is 46.6 Å². The lowest BCUT2D eigenvalue weighted by molar-refractivity contribution is 0.0971. The van der Waals surface area contributed by atoms with Gasteiger partial charge in [0, 0.05) is 29.0 Å². The van der Waals surface area contributed by atoms with Crippen molar-refractivity contribution in [2.45, 2.75) is 44.6 Å². The molecular weight excluding hydrogens is 409 g/mol. The van der Waals surface area contributed by atoms with Gasteiger partial charge in [0.1, 0.15) is 23.8 Å². The lowest BCUT2D eigenvalue weighted by Crippen LogP contribution is -2.12. The van der Waals surface area contributed by atoms with Crippen molar-refractivity contribution in [2.24, 2.45) is 0 Å². The number of ether oxygens (including phenoxy) is 1. The Balaban J connectivity index is 1.52. The van der Waals surface area contributed by atoms with Crippen LogP contribution in [0.1, 0.15) is 58.8 Å². The summed E-state index contributed by atoms with van der Waals surface area (Å²) in [4.78, 5) is 12.2. The maximum Gasteiger partial charge on any atom is 0.163 e. The van der Waals surface area contributed by atoms with Gasteiger partial charge in [-0.05, 0) is 43.9 Å². The van der Waals surface area contributed by atoms with Crippen molar-refractivity contribution in [3.8, 4) is 17.0 Å². The fraction of sp³-hybridized carbons (Fsp3) is 0.304. The maximum absolute atomic E-state index is 12.2. The Bertz CT molecular complexity index is 1080. The summed E-state index contributed by atoms with van der Waals surface area (Å²) in [7, 11) is 0. The van der Waals surface area contributed by atoms with Crippen molar-refractivity contribution >= 4 is 29.0 Å². The quantitative estimate of drug-likeness (QED) is 0.458. The third-order valence-corrected chi connectivity index (χ3v) is 6.23. The Labute approximate surface area is 178 Å². The fourth-order valence-corrected chi connectivity index (χ4v) is 4.55. The first-order valence-corrected chi connectivity index (χ1v) is 10.6. The Kier molecular flexibility index (Phi) is 4.84. The normalized spacial score (nSPS) is 16.0. The molecule has 148 valence electrons. The van der Waals surface area contributed by atoms with E-state index in [1.807, 2.05) is 18.2 Å². The highest BCUT2D eigenvalue weighted by molar-refractivity contribution is 6.39. The van der Waals surface area contributed by atoms with E-state index in [1.54, 1.807) is 18.2 Å². The van der Waals surface area contributed by atoms with Crippen molar-refractivity contribution < 1.29 is 14.1 Å². The van der Waals surface area contributed by atoms with Crippen molar-refractivity contribution in [1.29, 1.82) is 0 Å². The van der Waals surface area contributed by atoms with Gasteiger partial charge in [0.15, 0.2) is 5.78 Å². The van der Waals surface area contributed by atoms with Crippen molar-refractivity contribution in [3.63, 3.8) is 0 Å². The third kappa shape index (κ3) is 3.45. The Morgan fingerprint density at radius 3 is 2.59 bits per heavy atom. The average Bonchev–Trinajstić information content (AvgIpc) is 3.48. The molecule has 2 aromatic carbocycles. The molecule has 0 saturated heterocycles. The lowest BCUT2D eigenvalue weighted by Gasteiger charge is -2.19. The summed E-state index contributed by atoms with van der Waals surface area (Å²) in [5.74, 6) is 2.14. The largest absolute Gasteiger partial charge is 0.488 e. The number of hydrogen-bond donors (Lipinski definition) is 0. The number of Topliss-reactive ketones (excluding diaryl/α,β-unsaturated/α-hetero) is 1. The predicted molar refractivity (Wildman–Crippen MR) is 112 cm³/mol. The molecule has 2 aliphatic rings. The van der Waals surface area contributed by atoms with E-state index in [9.17, 15) is 4.79 Å². The first-order chi connectivity index (χ1) is 14.1. The van der Waals surface area contributed by atoms with Gasteiger partial charge >= 0.3 is 0 Å². The van der Waals surface area contributed by atoms with E-state index < -0.39 is 0 Å². The van der Waals surface area contributed by atoms with Crippen molar-refractivity contribution in [2.75, 3.05) is 0 Å². The van der Waals surface area contributed by atoms with Crippen LogP contribution in [0.25, 0.3) is 11.3 Å². The van der Waals surface area contributed by atoms with Crippen LogP contribution in [-0.4, -0.2) is 10.9 Å². The number of ketones is 1. The molecule has 0 unspecified atom stereocenters. The van der Waals surface area contributed by atoms with Crippen molar-refractivity contribution in [3.05, 3.63) is 68.9 Å². The summed E-state index contributed by atoms with van der Waals surface area (Å²) in [5.41, 5.74) is 3.93. The van der Waals surface area contributed by atoms with E-state index in [0.717, 1.165) is 53.9 Å². The van der Waals surface area contributed by atoms with Crippen LogP contribution in [0.15, 0.2) is 40.9 Å². The van der Waals surface area contributed by atoms with E-state index in [2.05, 4.69) is 5.16 Å². The molecule has 0 N–H and O–H groups in total. The van der Waals surface area contributed by atoms with Gasteiger partial charge < -0.3 is 9.26 Å². The van der Waals surface area contributed by atoms with Gasteiger partial charge in [-0.25, -0.2) is 0 Å². The molecule has 0 atom stereocenters. The van der Waals surface area contributed by atoms with E-state index in [-0.39, 0.29) is 12.4 Å². The highest BCUT2D eigenvalue weighted by atomic mass is 35.5. The number of aromatic nitrogens is 1. The van der Waals surface area contributed by atoms with Gasteiger partial charge in [-0.15, -0.1) is 0 Å². The predicted octanol–water partition coefficient (Wildman–Crippen LogP) is 6.62. The Morgan fingerprint density at radius 2 is 1.83 bits per heavy atom. The van der Waals surface area contributed by atoms with E-state index in [1.165, 1.54) is 0 Å². The van der Waals surface area contributed by atoms with Gasteiger partial charge in [-0.2, -0.15) is 0 Å². The molecule has 0 bridgehead atoms. The smallest absolute Gasteiger partial charge is 0.163 e. The number of halogens is 2. The minimum atomic E-state index is 0.184. The molecule has 6 heteroatoms. The number of nitrogens with zero attached hydrogens (tertiary/aromatic N) is 1. The number of benzene rings is 2. The first-order valence-electron chi connectivity index (χ1n) is 9.84. The van der Waals surface area contributed by atoms with Crippen LogP contribution in [0, 0.1) is 0 Å². The van der Waals surface area contributed by atoms with E-state index >= 15 is 0 Å². The van der Waals surface area contributed by atoms with Gasteiger partial charge in [-0.3, -0.25) is 4.79 Å². The molecule has 0 aliphatic heterocycles. The SMILES string of the molecule is O=C1CCCc2c(OCc3c(-c4c(Cl)cccc4Cl)noc3C3CC3)cccc21. The molecule has 1 heterocycles. The third-order valence-electron chi connectivity index (χ3n) is 5.60. The van der Waals surface area contributed by atoms with E-state index in [0.29, 0.717) is 33.6 Å². The zero-order valence-electron chi connectivity index (χ0n) is 15.7. The van der Waals surface area contributed by atoms with Crippen LogP contribution in [0.2, 0.25) is 10.0 Å². The highest BCUT2D eigenvalue weighted by Crippen LogP contribution is 2.46. The zero-order valence-corrected chi connectivity index (χ0v) is 17.2.